The number of piperidine rings is 1. The van der Waals surface area contributed by atoms with E-state index in [1.54, 1.807) is 4.90 Å². The maximum atomic E-state index is 10.3. The third kappa shape index (κ3) is 1.93. The summed E-state index contributed by atoms with van der Waals surface area (Å²) in [5.74, 6) is 0. The van der Waals surface area contributed by atoms with Crippen molar-refractivity contribution in [3.63, 3.8) is 0 Å². The van der Waals surface area contributed by atoms with Gasteiger partial charge in [0.05, 0.1) is 5.60 Å². The molecule has 1 amide bonds. The molecular weight excluding hydrogens is 142 g/mol. The normalized spacial score (nSPS) is 23.3. The molecule has 1 N–H and O–H groups in total. The van der Waals surface area contributed by atoms with Gasteiger partial charge in [-0.25, -0.2) is 0 Å². The summed E-state index contributed by atoms with van der Waals surface area (Å²) in [6.45, 7) is 3.39. The van der Waals surface area contributed by atoms with Crippen molar-refractivity contribution in [2.75, 3.05) is 13.1 Å². The summed E-state index contributed by atoms with van der Waals surface area (Å²) in [4.78, 5) is 12.0. The van der Waals surface area contributed by atoms with E-state index in [1.807, 2.05) is 6.92 Å². The summed E-state index contributed by atoms with van der Waals surface area (Å²) >= 11 is 0. The molecule has 0 aliphatic carbocycles. The Balaban J connectivity index is 2.40. The molecule has 0 aromatic heterocycles. The van der Waals surface area contributed by atoms with Gasteiger partial charge in [0.25, 0.3) is 0 Å². The topological polar surface area (TPSA) is 40.5 Å². The summed E-state index contributed by atoms with van der Waals surface area (Å²) < 4.78 is 0. The van der Waals surface area contributed by atoms with E-state index in [0.717, 1.165) is 25.7 Å². The van der Waals surface area contributed by atoms with Gasteiger partial charge in [-0.15, -0.1) is 0 Å². The lowest BCUT2D eigenvalue weighted by Gasteiger charge is -2.35. The monoisotopic (exact) mass is 157 g/mol. The molecule has 0 aromatic rings. The summed E-state index contributed by atoms with van der Waals surface area (Å²) in [6.07, 6.45) is 3.10. The third-order valence-electron chi connectivity index (χ3n) is 2.54. The Bertz CT molecular complexity index is 139. The number of likely N-dealkylation sites (tertiary alicyclic amines) is 1. The van der Waals surface area contributed by atoms with Crippen LogP contribution in [0, 0.1) is 0 Å². The van der Waals surface area contributed by atoms with Crippen LogP contribution >= 0.6 is 0 Å². The number of hydrogen-bond acceptors (Lipinski definition) is 2. The number of hydrogen-bond donors (Lipinski definition) is 1. The van der Waals surface area contributed by atoms with Gasteiger partial charge in [-0.05, 0) is 19.3 Å². The van der Waals surface area contributed by atoms with Gasteiger partial charge in [0.1, 0.15) is 0 Å². The molecule has 11 heavy (non-hydrogen) atoms. The first-order chi connectivity index (χ1) is 5.20. The zero-order chi connectivity index (χ0) is 8.32. The van der Waals surface area contributed by atoms with Crippen LogP contribution in [0.25, 0.3) is 0 Å². The van der Waals surface area contributed by atoms with Crippen molar-refractivity contribution >= 4 is 6.41 Å². The first-order valence-electron chi connectivity index (χ1n) is 4.12. The SMILES string of the molecule is CCC1(O)CCN(C=O)CC1. The van der Waals surface area contributed by atoms with Gasteiger partial charge in [0.15, 0.2) is 0 Å². The van der Waals surface area contributed by atoms with Crippen LogP contribution in [0.5, 0.6) is 0 Å². The maximum Gasteiger partial charge on any atom is 0.209 e. The molecule has 1 aliphatic rings. The zero-order valence-electron chi connectivity index (χ0n) is 6.92. The molecular formula is C8H15NO2. The van der Waals surface area contributed by atoms with Crippen LogP contribution in [-0.4, -0.2) is 35.1 Å². The van der Waals surface area contributed by atoms with Crippen LogP contribution in [0.1, 0.15) is 26.2 Å². The number of amides is 1. The van der Waals surface area contributed by atoms with Crippen molar-refractivity contribution in [3.8, 4) is 0 Å². The smallest absolute Gasteiger partial charge is 0.209 e. The molecule has 1 heterocycles. The van der Waals surface area contributed by atoms with E-state index in [4.69, 9.17) is 0 Å². The molecule has 1 aliphatic heterocycles. The lowest BCUT2D eigenvalue weighted by molar-refractivity contribution is -0.122. The van der Waals surface area contributed by atoms with E-state index in [1.165, 1.54) is 0 Å². The number of nitrogens with zero attached hydrogens (tertiary/aromatic N) is 1. The van der Waals surface area contributed by atoms with E-state index in [2.05, 4.69) is 0 Å². The fourth-order valence-corrected chi connectivity index (χ4v) is 1.40. The molecule has 64 valence electrons. The highest BCUT2D eigenvalue weighted by atomic mass is 16.3. The molecule has 0 unspecified atom stereocenters. The second kappa shape index (κ2) is 3.22. The highest BCUT2D eigenvalue weighted by Crippen LogP contribution is 2.24. The molecule has 0 bridgehead atoms. The summed E-state index contributed by atoms with van der Waals surface area (Å²) in [7, 11) is 0. The molecule has 0 atom stereocenters. The minimum absolute atomic E-state index is 0.500. The van der Waals surface area contributed by atoms with Crippen molar-refractivity contribution in [1.29, 1.82) is 0 Å². The van der Waals surface area contributed by atoms with Gasteiger partial charge in [-0.3, -0.25) is 4.79 Å². The molecule has 0 spiro atoms. The van der Waals surface area contributed by atoms with Crippen LogP contribution in [0.3, 0.4) is 0 Å². The summed E-state index contributed by atoms with van der Waals surface area (Å²) in [5, 5.41) is 9.75. The first-order valence-corrected chi connectivity index (χ1v) is 4.12. The van der Waals surface area contributed by atoms with Crippen molar-refractivity contribution in [2.24, 2.45) is 0 Å². The van der Waals surface area contributed by atoms with E-state index >= 15 is 0 Å². The lowest BCUT2D eigenvalue weighted by atomic mass is 9.89. The second-order valence-electron chi connectivity index (χ2n) is 3.22. The van der Waals surface area contributed by atoms with Gasteiger partial charge < -0.3 is 10.0 Å². The van der Waals surface area contributed by atoms with Gasteiger partial charge in [0.2, 0.25) is 6.41 Å². The fourth-order valence-electron chi connectivity index (χ4n) is 1.40. The number of aliphatic hydroxyl groups is 1. The van der Waals surface area contributed by atoms with Gasteiger partial charge in [-0.1, -0.05) is 6.92 Å². The fraction of sp³-hybridized carbons (Fsp3) is 0.875. The molecule has 1 saturated heterocycles. The molecule has 0 aromatic carbocycles. The molecule has 1 rings (SSSR count). The number of carbonyl (C=O) groups is 1. The predicted molar refractivity (Wildman–Crippen MR) is 42.1 cm³/mol. The summed E-state index contributed by atoms with van der Waals surface area (Å²) in [6, 6.07) is 0. The van der Waals surface area contributed by atoms with Crippen molar-refractivity contribution in [3.05, 3.63) is 0 Å². The van der Waals surface area contributed by atoms with E-state index in [9.17, 15) is 9.90 Å². The maximum absolute atomic E-state index is 10.3. The Kier molecular flexibility index (Phi) is 2.49. The molecule has 0 radical (unpaired) electrons. The number of rotatable bonds is 2. The molecule has 1 fully saturated rings. The largest absolute Gasteiger partial charge is 0.390 e. The molecule has 3 heteroatoms. The lowest BCUT2D eigenvalue weighted by Crippen LogP contribution is -2.43. The predicted octanol–water partition coefficient (Wildman–Crippen LogP) is 0.380. The van der Waals surface area contributed by atoms with Crippen molar-refractivity contribution < 1.29 is 9.90 Å². The quantitative estimate of drug-likeness (QED) is 0.589. The average molecular weight is 157 g/mol. The van der Waals surface area contributed by atoms with Gasteiger partial charge in [0, 0.05) is 13.1 Å². The Hall–Kier alpha value is -0.570. The Morgan fingerprint density at radius 1 is 1.55 bits per heavy atom. The molecule has 3 nitrogen and oxygen atoms in total. The summed E-state index contributed by atoms with van der Waals surface area (Å²) in [5.41, 5.74) is -0.500. The van der Waals surface area contributed by atoms with Crippen LogP contribution in [0.15, 0.2) is 0 Å². The van der Waals surface area contributed by atoms with E-state index in [0.29, 0.717) is 13.1 Å². The Labute approximate surface area is 67.0 Å². The highest BCUT2D eigenvalue weighted by Gasteiger charge is 2.29. The average Bonchev–Trinajstić information content (AvgIpc) is 2.06. The van der Waals surface area contributed by atoms with Gasteiger partial charge >= 0.3 is 0 Å². The second-order valence-corrected chi connectivity index (χ2v) is 3.22. The van der Waals surface area contributed by atoms with E-state index < -0.39 is 5.60 Å². The van der Waals surface area contributed by atoms with Crippen LogP contribution < -0.4 is 0 Å². The Morgan fingerprint density at radius 3 is 2.45 bits per heavy atom. The van der Waals surface area contributed by atoms with Crippen molar-refractivity contribution in [2.45, 2.75) is 31.8 Å². The minimum Gasteiger partial charge on any atom is -0.390 e. The first kappa shape index (κ1) is 8.53. The third-order valence-corrected chi connectivity index (χ3v) is 2.54. The zero-order valence-corrected chi connectivity index (χ0v) is 6.92. The highest BCUT2D eigenvalue weighted by molar-refractivity contribution is 5.47. The standard InChI is InChI=1S/C8H15NO2/c1-2-8(11)3-5-9(7-10)6-4-8/h7,11H,2-6H2,1H3. The van der Waals surface area contributed by atoms with Crippen LogP contribution in [0.4, 0.5) is 0 Å². The van der Waals surface area contributed by atoms with Crippen LogP contribution in [-0.2, 0) is 4.79 Å². The van der Waals surface area contributed by atoms with E-state index in [-0.39, 0.29) is 0 Å². The molecule has 0 saturated carbocycles. The van der Waals surface area contributed by atoms with Gasteiger partial charge in [-0.2, -0.15) is 0 Å². The number of carbonyl (C=O) groups excluding carboxylic acids is 1. The Morgan fingerprint density at radius 2 is 2.09 bits per heavy atom. The van der Waals surface area contributed by atoms with Crippen molar-refractivity contribution in [1.82, 2.24) is 4.90 Å². The van der Waals surface area contributed by atoms with Crippen LogP contribution in [0.2, 0.25) is 0 Å². The minimum atomic E-state index is -0.500.